The third-order valence-electron chi connectivity index (χ3n) is 4.90. The van der Waals surface area contributed by atoms with Crippen LogP contribution in [0.5, 0.6) is 0 Å². The number of hydrogen-bond donors (Lipinski definition) is 0. The molecule has 0 aliphatic carbocycles. The van der Waals surface area contributed by atoms with Crippen LogP contribution in [0.3, 0.4) is 0 Å². The molecule has 1 aromatic heterocycles. The maximum absolute atomic E-state index is 12.6. The van der Waals surface area contributed by atoms with Crippen molar-refractivity contribution >= 4 is 11.8 Å². The predicted octanol–water partition coefficient (Wildman–Crippen LogP) is 0.287. The van der Waals surface area contributed by atoms with Gasteiger partial charge in [-0.15, -0.1) is 0 Å². The molecule has 0 unspecified atom stereocenters. The standard InChI is InChI=1S/C16H24N4O3/c1-12-5-6-17-20(12)11-15(21)18-9-13-3-4-14(10-18)19(16(13)22)7-8-23-2/h5-6,13-14H,3-4,7-11H2,1-2H3/t13-,14+/m0/s1. The van der Waals surface area contributed by atoms with Crippen LogP contribution in [-0.2, 0) is 20.9 Å². The number of rotatable bonds is 5. The zero-order chi connectivity index (χ0) is 16.4. The van der Waals surface area contributed by atoms with Gasteiger partial charge in [-0.1, -0.05) is 0 Å². The second kappa shape index (κ2) is 6.70. The molecule has 7 nitrogen and oxygen atoms in total. The second-order valence-electron chi connectivity index (χ2n) is 6.38. The SMILES string of the molecule is COCCN1C(=O)[C@H]2CC[C@@H]1CN(C(=O)Cn1nccc1C)C2. The van der Waals surface area contributed by atoms with Gasteiger partial charge in [-0.3, -0.25) is 14.3 Å². The number of hydrogen-bond acceptors (Lipinski definition) is 4. The van der Waals surface area contributed by atoms with Gasteiger partial charge in [0.1, 0.15) is 6.54 Å². The number of ether oxygens (including phenoxy) is 1. The second-order valence-corrected chi connectivity index (χ2v) is 6.38. The minimum atomic E-state index is -0.0757. The van der Waals surface area contributed by atoms with Crippen LogP contribution in [0.15, 0.2) is 12.3 Å². The molecule has 3 fully saturated rings. The highest BCUT2D eigenvalue weighted by Gasteiger charge is 2.41. The largest absolute Gasteiger partial charge is 0.383 e. The van der Waals surface area contributed by atoms with Gasteiger partial charge in [-0.2, -0.15) is 5.10 Å². The molecule has 3 aliphatic heterocycles. The lowest BCUT2D eigenvalue weighted by atomic mass is 9.94. The highest BCUT2D eigenvalue weighted by Crippen LogP contribution is 2.29. The van der Waals surface area contributed by atoms with Crippen molar-refractivity contribution in [2.75, 3.05) is 33.4 Å². The molecule has 0 aromatic carbocycles. The van der Waals surface area contributed by atoms with Gasteiger partial charge in [-0.25, -0.2) is 0 Å². The van der Waals surface area contributed by atoms with E-state index in [9.17, 15) is 9.59 Å². The molecule has 7 heteroatoms. The summed E-state index contributed by atoms with van der Waals surface area (Å²) in [5.74, 6) is 0.132. The Hall–Kier alpha value is -1.89. The Bertz CT molecular complexity index is 586. The van der Waals surface area contributed by atoms with Crippen molar-refractivity contribution in [2.24, 2.45) is 5.92 Å². The summed E-state index contributed by atoms with van der Waals surface area (Å²) < 4.78 is 6.82. The predicted molar refractivity (Wildman–Crippen MR) is 83.6 cm³/mol. The fraction of sp³-hybridized carbons (Fsp3) is 0.688. The van der Waals surface area contributed by atoms with E-state index in [4.69, 9.17) is 4.74 Å². The van der Waals surface area contributed by atoms with Gasteiger partial charge in [-0.05, 0) is 25.8 Å². The lowest BCUT2D eigenvalue weighted by Gasteiger charge is -2.35. The van der Waals surface area contributed by atoms with Gasteiger partial charge in [0.25, 0.3) is 0 Å². The summed E-state index contributed by atoms with van der Waals surface area (Å²) >= 11 is 0. The summed E-state index contributed by atoms with van der Waals surface area (Å²) in [4.78, 5) is 28.9. The molecule has 3 aliphatic rings. The molecule has 2 bridgehead atoms. The fourth-order valence-corrected chi connectivity index (χ4v) is 3.52. The van der Waals surface area contributed by atoms with Gasteiger partial charge in [0.2, 0.25) is 11.8 Å². The maximum atomic E-state index is 12.6. The zero-order valence-electron chi connectivity index (χ0n) is 13.8. The average Bonchev–Trinajstić information content (AvgIpc) is 2.76. The number of nitrogens with zero attached hydrogens (tertiary/aromatic N) is 4. The van der Waals surface area contributed by atoms with Gasteiger partial charge < -0.3 is 14.5 Å². The minimum absolute atomic E-state index is 0.0371. The van der Waals surface area contributed by atoms with E-state index in [1.807, 2.05) is 22.8 Å². The number of carbonyl (C=O) groups excluding carboxylic acids is 2. The Morgan fingerprint density at radius 2 is 2.22 bits per heavy atom. The molecule has 4 rings (SSSR count). The first-order valence-electron chi connectivity index (χ1n) is 8.15. The molecule has 2 atom stereocenters. The Labute approximate surface area is 136 Å². The summed E-state index contributed by atoms with van der Waals surface area (Å²) in [5.41, 5.74) is 0.967. The molecule has 3 saturated heterocycles. The number of aromatic nitrogens is 2. The fourth-order valence-electron chi connectivity index (χ4n) is 3.52. The Kier molecular flexibility index (Phi) is 4.66. The topological polar surface area (TPSA) is 67.7 Å². The first-order valence-corrected chi connectivity index (χ1v) is 8.15. The van der Waals surface area contributed by atoms with Crippen LogP contribution in [0, 0.1) is 12.8 Å². The van der Waals surface area contributed by atoms with E-state index in [0.29, 0.717) is 26.2 Å². The van der Waals surface area contributed by atoms with Gasteiger partial charge in [0, 0.05) is 44.7 Å². The van der Waals surface area contributed by atoms with E-state index in [-0.39, 0.29) is 30.3 Å². The molecule has 126 valence electrons. The number of carbonyl (C=O) groups is 2. The number of methoxy groups -OCH3 is 1. The first-order chi connectivity index (χ1) is 11.1. The quantitative estimate of drug-likeness (QED) is 0.782. The lowest BCUT2D eigenvalue weighted by Crippen LogP contribution is -2.49. The van der Waals surface area contributed by atoms with Crippen molar-refractivity contribution in [2.45, 2.75) is 32.4 Å². The van der Waals surface area contributed by atoms with Crippen molar-refractivity contribution in [1.29, 1.82) is 0 Å². The summed E-state index contributed by atoms with van der Waals surface area (Å²) in [5, 5.41) is 4.17. The number of amides is 2. The number of fused-ring (bicyclic) bond motifs is 4. The van der Waals surface area contributed by atoms with Crippen LogP contribution in [0.2, 0.25) is 0 Å². The van der Waals surface area contributed by atoms with Crippen LogP contribution in [0.4, 0.5) is 0 Å². The van der Waals surface area contributed by atoms with Crippen molar-refractivity contribution in [3.8, 4) is 0 Å². The van der Waals surface area contributed by atoms with Crippen LogP contribution in [-0.4, -0.2) is 70.8 Å². The van der Waals surface area contributed by atoms with E-state index < -0.39 is 0 Å². The molecule has 4 heterocycles. The van der Waals surface area contributed by atoms with E-state index in [1.54, 1.807) is 18.0 Å². The molecule has 1 aromatic rings. The van der Waals surface area contributed by atoms with Gasteiger partial charge >= 0.3 is 0 Å². The summed E-state index contributed by atoms with van der Waals surface area (Å²) in [6.45, 7) is 4.46. The normalized spacial score (nSPS) is 24.2. The monoisotopic (exact) mass is 320 g/mol. The highest BCUT2D eigenvalue weighted by molar-refractivity contribution is 5.83. The van der Waals surface area contributed by atoms with Crippen LogP contribution >= 0.6 is 0 Å². The van der Waals surface area contributed by atoms with E-state index in [2.05, 4.69) is 5.10 Å². The molecular weight excluding hydrogens is 296 g/mol. The maximum Gasteiger partial charge on any atom is 0.244 e. The van der Waals surface area contributed by atoms with Gasteiger partial charge in [0.15, 0.2) is 0 Å². The van der Waals surface area contributed by atoms with Crippen LogP contribution in [0.1, 0.15) is 18.5 Å². The third kappa shape index (κ3) is 3.24. The van der Waals surface area contributed by atoms with Crippen molar-refractivity contribution < 1.29 is 14.3 Å². The number of piperidine rings is 1. The Balaban J connectivity index is 1.70. The van der Waals surface area contributed by atoms with Crippen molar-refractivity contribution in [3.63, 3.8) is 0 Å². The summed E-state index contributed by atoms with van der Waals surface area (Å²) in [7, 11) is 1.64. The highest BCUT2D eigenvalue weighted by atomic mass is 16.5. The molecule has 23 heavy (non-hydrogen) atoms. The summed E-state index contributed by atoms with van der Waals surface area (Å²) in [6, 6.07) is 1.99. The van der Waals surface area contributed by atoms with Crippen LogP contribution < -0.4 is 0 Å². The van der Waals surface area contributed by atoms with Crippen molar-refractivity contribution in [1.82, 2.24) is 19.6 Å². The number of aryl methyl sites for hydroxylation is 1. The molecular formula is C16H24N4O3. The molecule has 0 radical (unpaired) electrons. The average molecular weight is 320 g/mol. The smallest absolute Gasteiger partial charge is 0.244 e. The molecule has 2 amide bonds. The molecule has 0 spiro atoms. The zero-order valence-corrected chi connectivity index (χ0v) is 13.8. The molecule has 0 saturated carbocycles. The minimum Gasteiger partial charge on any atom is -0.383 e. The Morgan fingerprint density at radius 3 is 2.91 bits per heavy atom. The van der Waals surface area contributed by atoms with Crippen molar-refractivity contribution in [3.05, 3.63) is 18.0 Å². The summed E-state index contributed by atoms with van der Waals surface area (Å²) in [6.07, 6.45) is 3.53. The Morgan fingerprint density at radius 1 is 1.39 bits per heavy atom. The molecule has 0 N–H and O–H groups in total. The third-order valence-corrected chi connectivity index (χ3v) is 4.90. The van der Waals surface area contributed by atoms with Gasteiger partial charge in [0.05, 0.1) is 12.5 Å². The van der Waals surface area contributed by atoms with Crippen LogP contribution in [0.25, 0.3) is 0 Å². The first kappa shape index (κ1) is 16.0. The lowest BCUT2D eigenvalue weighted by molar-refractivity contribution is -0.140. The van der Waals surface area contributed by atoms with E-state index in [0.717, 1.165) is 18.5 Å². The van der Waals surface area contributed by atoms with E-state index >= 15 is 0 Å². The van der Waals surface area contributed by atoms with E-state index in [1.165, 1.54) is 0 Å².